The van der Waals surface area contributed by atoms with Gasteiger partial charge in [0, 0.05) is 26.7 Å². The van der Waals surface area contributed by atoms with Gasteiger partial charge in [0.1, 0.15) is 5.82 Å². The zero-order valence-corrected chi connectivity index (χ0v) is 15.4. The number of hydrogen-bond donors (Lipinski definition) is 2. The maximum atomic E-state index is 13.6. The van der Waals surface area contributed by atoms with Gasteiger partial charge in [-0.25, -0.2) is 4.39 Å². The first-order valence-corrected chi connectivity index (χ1v) is 8.40. The lowest BCUT2D eigenvalue weighted by molar-refractivity contribution is 0.400. The van der Waals surface area contributed by atoms with Crippen LogP contribution in [0.2, 0.25) is 0 Å². The molecule has 0 aliphatic carbocycles. The SMILES string of the molecule is CN=C(NCc1ccc(C)c(F)c1)NCc1ccccc1CN(C)C. The highest BCUT2D eigenvalue weighted by molar-refractivity contribution is 5.79. The second kappa shape index (κ2) is 9.18. The number of aryl methyl sites for hydroxylation is 1. The molecule has 0 fully saturated rings. The second-order valence-corrected chi connectivity index (χ2v) is 6.37. The van der Waals surface area contributed by atoms with Crippen molar-refractivity contribution in [2.45, 2.75) is 26.6 Å². The lowest BCUT2D eigenvalue weighted by atomic mass is 10.1. The van der Waals surface area contributed by atoms with Crippen LogP contribution in [0.25, 0.3) is 0 Å². The van der Waals surface area contributed by atoms with Gasteiger partial charge >= 0.3 is 0 Å². The minimum Gasteiger partial charge on any atom is -0.352 e. The average Bonchev–Trinajstić information content (AvgIpc) is 2.59. The van der Waals surface area contributed by atoms with Crippen LogP contribution in [-0.4, -0.2) is 32.0 Å². The number of hydrogen-bond acceptors (Lipinski definition) is 2. The van der Waals surface area contributed by atoms with Gasteiger partial charge in [-0.05, 0) is 49.3 Å². The standard InChI is InChI=1S/C20H27FN4/c1-15-9-10-16(11-19(15)21)12-23-20(22-2)24-13-17-7-5-6-8-18(17)14-25(3)4/h5-11H,12-14H2,1-4H3,(H2,22,23,24). The lowest BCUT2D eigenvalue weighted by Gasteiger charge is -2.16. The summed E-state index contributed by atoms with van der Waals surface area (Å²) in [6, 6.07) is 13.6. The molecule has 2 N–H and O–H groups in total. The summed E-state index contributed by atoms with van der Waals surface area (Å²) < 4.78 is 13.6. The van der Waals surface area contributed by atoms with Crippen LogP contribution < -0.4 is 10.6 Å². The van der Waals surface area contributed by atoms with E-state index in [0.717, 1.165) is 12.1 Å². The largest absolute Gasteiger partial charge is 0.352 e. The number of halogens is 1. The molecule has 0 amide bonds. The Labute approximate surface area is 149 Å². The van der Waals surface area contributed by atoms with Crippen LogP contribution >= 0.6 is 0 Å². The van der Waals surface area contributed by atoms with Crippen LogP contribution in [0.15, 0.2) is 47.5 Å². The van der Waals surface area contributed by atoms with Crippen molar-refractivity contribution in [2.75, 3.05) is 21.1 Å². The van der Waals surface area contributed by atoms with E-state index in [1.165, 1.54) is 11.1 Å². The van der Waals surface area contributed by atoms with E-state index in [-0.39, 0.29) is 5.82 Å². The van der Waals surface area contributed by atoms with Gasteiger partial charge in [0.25, 0.3) is 0 Å². The summed E-state index contributed by atoms with van der Waals surface area (Å²) >= 11 is 0. The third kappa shape index (κ3) is 5.87. The van der Waals surface area contributed by atoms with Gasteiger partial charge in [-0.3, -0.25) is 4.99 Å². The summed E-state index contributed by atoms with van der Waals surface area (Å²) in [4.78, 5) is 6.39. The molecule has 0 spiro atoms. The Morgan fingerprint density at radius 1 is 1.04 bits per heavy atom. The minimum absolute atomic E-state index is 0.181. The van der Waals surface area contributed by atoms with E-state index in [0.29, 0.717) is 24.6 Å². The third-order valence-corrected chi connectivity index (χ3v) is 3.97. The smallest absolute Gasteiger partial charge is 0.191 e. The Kier molecular flexibility index (Phi) is 6.95. The molecule has 2 aromatic rings. The van der Waals surface area contributed by atoms with Crippen molar-refractivity contribution in [3.05, 3.63) is 70.5 Å². The van der Waals surface area contributed by atoms with E-state index < -0.39 is 0 Å². The number of aliphatic imine (C=N–C) groups is 1. The van der Waals surface area contributed by atoms with Crippen molar-refractivity contribution < 1.29 is 4.39 Å². The van der Waals surface area contributed by atoms with E-state index >= 15 is 0 Å². The maximum Gasteiger partial charge on any atom is 0.191 e. The van der Waals surface area contributed by atoms with Crippen LogP contribution in [0.3, 0.4) is 0 Å². The lowest BCUT2D eigenvalue weighted by Crippen LogP contribution is -2.36. The predicted molar refractivity (Wildman–Crippen MR) is 102 cm³/mol. The summed E-state index contributed by atoms with van der Waals surface area (Å²) in [6.45, 7) is 3.87. The molecule has 0 heterocycles. The van der Waals surface area contributed by atoms with Crippen molar-refractivity contribution in [3.8, 4) is 0 Å². The zero-order chi connectivity index (χ0) is 18.2. The van der Waals surface area contributed by atoms with Gasteiger partial charge in [-0.1, -0.05) is 36.4 Å². The molecule has 0 radical (unpaired) electrons. The fourth-order valence-electron chi connectivity index (χ4n) is 2.56. The third-order valence-electron chi connectivity index (χ3n) is 3.97. The molecule has 0 aliphatic rings. The highest BCUT2D eigenvalue weighted by Crippen LogP contribution is 2.11. The van der Waals surface area contributed by atoms with Gasteiger partial charge in [0.15, 0.2) is 5.96 Å². The first-order chi connectivity index (χ1) is 12.0. The van der Waals surface area contributed by atoms with E-state index in [4.69, 9.17) is 0 Å². The maximum absolute atomic E-state index is 13.6. The summed E-state index contributed by atoms with van der Waals surface area (Å²) in [6.07, 6.45) is 0. The highest BCUT2D eigenvalue weighted by Gasteiger charge is 2.05. The van der Waals surface area contributed by atoms with Gasteiger partial charge in [-0.15, -0.1) is 0 Å². The fourth-order valence-corrected chi connectivity index (χ4v) is 2.56. The Balaban J connectivity index is 1.93. The molecule has 2 aromatic carbocycles. The van der Waals surface area contributed by atoms with Gasteiger partial charge in [0.05, 0.1) is 0 Å². The van der Waals surface area contributed by atoms with Crippen molar-refractivity contribution in [2.24, 2.45) is 4.99 Å². The number of nitrogens with zero attached hydrogens (tertiary/aromatic N) is 2. The van der Waals surface area contributed by atoms with Gasteiger partial charge in [-0.2, -0.15) is 0 Å². The molecule has 0 saturated carbocycles. The Morgan fingerprint density at radius 2 is 1.72 bits per heavy atom. The molecular formula is C20H27FN4. The van der Waals surface area contributed by atoms with Crippen molar-refractivity contribution in [1.82, 2.24) is 15.5 Å². The summed E-state index contributed by atoms with van der Waals surface area (Å²) in [5.41, 5.74) is 4.07. The molecule has 0 saturated heterocycles. The molecule has 0 bridgehead atoms. The second-order valence-electron chi connectivity index (χ2n) is 6.37. The molecule has 2 rings (SSSR count). The molecule has 25 heavy (non-hydrogen) atoms. The Bertz CT molecular complexity index is 725. The monoisotopic (exact) mass is 342 g/mol. The molecule has 4 nitrogen and oxygen atoms in total. The summed E-state index contributed by atoms with van der Waals surface area (Å²) in [5.74, 6) is 0.514. The zero-order valence-electron chi connectivity index (χ0n) is 15.4. The molecule has 134 valence electrons. The van der Waals surface area contributed by atoms with E-state index in [1.54, 1.807) is 26.1 Å². The van der Waals surface area contributed by atoms with Crippen LogP contribution in [0.1, 0.15) is 22.3 Å². The van der Waals surface area contributed by atoms with Crippen molar-refractivity contribution in [3.63, 3.8) is 0 Å². The number of nitrogens with one attached hydrogen (secondary N) is 2. The number of rotatable bonds is 6. The van der Waals surface area contributed by atoms with Gasteiger partial charge < -0.3 is 15.5 Å². The summed E-state index contributed by atoms with van der Waals surface area (Å²) in [5, 5.41) is 6.55. The van der Waals surface area contributed by atoms with Crippen LogP contribution in [0.4, 0.5) is 4.39 Å². The molecule has 5 heteroatoms. The predicted octanol–water partition coefficient (Wildman–Crippen LogP) is 3.06. The van der Waals surface area contributed by atoms with Crippen molar-refractivity contribution in [1.29, 1.82) is 0 Å². The van der Waals surface area contributed by atoms with Crippen LogP contribution in [0.5, 0.6) is 0 Å². The van der Waals surface area contributed by atoms with Crippen LogP contribution in [0, 0.1) is 12.7 Å². The normalized spacial score (nSPS) is 11.7. The van der Waals surface area contributed by atoms with E-state index in [1.807, 2.05) is 12.1 Å². The fraction of sp³-hybridized carbons (Fsp3) is 0.350. The number of benzene rings is 2. The summed E-state index contributed by atoms with van der Waals surface area (Å²) in [7, 11) is 5.85. The first-order valence-electron chi connectivity index (χ1n) is 8.40. The Hall–Kier alpha value is -2.40. The van der Waals surface area contributed by atoms with Gasteiger partial charge in [0.2, 0.25) is 0 Å². The minimum atomic E-state index is -0.181. The average molecular weight is 342 g/mol. The molecular weight excluding hydrogens is 315 g/mol. The quantitative estimate of drug-likeness (QED) is 0.626. The molecule has 0 aliphatic heterocycles. The molecule has 0 unspecified atom stereocenters. The molecule has 0 atom stereocenters. The molecule has 0 aromatic heterocycles. The van der Waals surface area contributed by atoms with Crippen LogP contribution in [-0.2, 0) is 19.6 Å². The first kappa shape index (κ1) is 18.9. The highest BCUT2D eigenvalue weighted by atomic mass is 19.1. The van der Waals surface area contributed by atoms with E-state index in [9.17, 15) is 4.39 Å². The van der Waals surface area contributed by atoms with Crippen molar-refractivity contribution >= 4 is 5.96 Å². The topological polar surface area (TPSA) is 39.7 Å². The Morgan fingerprint density at radius 3 is 2.36 bits per heavy atom. The van der Waals surface area contributed by atoms with E-state index in [2.05, 4.69) is 52.8 Å². The number of guanidine groups is 1.